The molecule has 1 unspecified atom stereocenters. The Bertz CT molecular complexity index is 801. The Hall–Kier alpha value is -1.53. The monoisotopic (exact) mass is 424 g/mol. The molecule has 26 heavy (non-hydrogen) atoms. The molecular formula is C14H21ClN4O5S2. The van der Waals surface area contributed by atoms with Gasteiger partial charge in [0.2, 0.25) is 5.91 Å². The molecule has 1 aromatic heterocycles. The molecule has 12 heteroatoms. The van der Waals surface area contributed by atoms with E-state index in [9.17, 15) is 18.6 Å². The van der Waals surface area contributed by atoms with E-state index in [4.69, 9.17) is 28.2 Å². The molecule has 1 aromatic rings. The lowest BCUT2D eigenvalue weighted by Crippen LogP contribution is -2.44. The van der Waals surface area contributed by atoms with E-state index in [-0.39, 0.29) is 15.1 Å². The Balaban J connectivity index is 3.21. The fraction of sp³-hybridized carbons (Fsp3) is 0.500. The zero-order chi connectivity index (χ0) is 20.1. The van der Waals surface area contributed by atoms with Crippen molar-refractivity contribution in [2.75, 3.05) is 0 Å². The lowest BCUT2D eigenvalue weighted by Gasteiger charge is -2.15. The van der Waals surface area contributed by atoms with Gasteiger partial charge in [0.15, 0.2) is 9.92 Å². The maximum absolute atomic E-state index is 13.2. The molecule has 146 valence electrons. The molecule has 0 aliphatic carbocycles. The number of halogens is 1. The van der Waals surface area contributed by atoms with Gasteiger partial charge in [0.25, 0.3) is 5.91 Å². The van der Waals surface area contributed by atoms with E-state index >= 15 is 0 Å². The van der Waals surface area contributed by atoms with E-state index in [0.717, 1.165) is 11.3 Å². The van der Waals surface area contributed by atoms with Gasteiger partial charge in [0, 0.05) is 5.38 Å². The lowest BCUT2D eigenvalue weighted by atomic mass is 10.0. The van der Waals surface area contributed by atoms with Crippen LogP contribution in [-0.2, 0) is 24.3 Å². The lowest BCUT2D eigenvalue weighted by molar-refractivity contribution is -0.139. The predicted molar refractivity (Wildman–Crippen MR) is 99.0 cm³/mol. The van der Waals surface area contributed by atoms with Crippen LogP contribution in [-0.4, -0.2) is 39.2 Å². The molecule has 6 N–H and O–H groups in total. The van der Waals surface area contributed by atoms with E-state index in [1.807, 2.05) is 13.8 Å². The maximum atomic E-state index is 13.2. The van der Waals surface area contributed by atoms with Crippen molar-refractivity contribution in [1.29, 1.82) is 0 Å². The Kier molecular flexibility index (Phi) is 8.15. The van der Waals surface area contributed by atoms with Crippen molar-refractivity contribution in [3.63, 3.8) is 0 Å². The Morgan fingerprint density at radius 1 is 1.35 bits per heavy atom. The summed E-state index contributed by atoms with van der Waals surface area (Å²) in [5, 5.41) is 10.4. The van der Waals surface area contributed by atoms with E-state index in [2.05, 4.69) is 9.08 Å². The Morgan fingerprint density at radius 2 is 1.96 bits per heavy atom. The number of carbonyl (C=O) groups excluding carboxylic acids is 2. The second-order valence-electron chi connectivity index (χ2n) is 5.95. The van der Waals surface area contributed by atoms with E-state index in [0.29, 0.717) is 6.42 Å². The molecule has 0 spiro atoms. The number of carboxylic acid groups (broad SMARTS) is 1. The molecule has 0 aliphatic heterocycles. The fourth-order valence-electron chi connectivity index (χ4n) is 1.85. The molecule has 0 saturated heterocycles. The molecule has 9 nitrogen and oxygen atoms in total. The van der Waals surface area contributed by atoms with Crippen LogP contribution in [0.2, 0.25) is 5.02 Å². The first-order valence-electron chi connectivity index (χ1n) is 7.54. The van der Waals surface area contributed by atoms with Crippen molar-refractivity contribution < 1.29 is 23.7 Å². The average Bonchev–Trinajstić information content (AvgIpc) is 2.92. The van der Waals surface area contributed by atoms with Crippen LogP contribution in [0.25, 0.3) is 0 Å². The molecule has 0 fully saturated rings. The molecule has 0 radical (unpaired) electrons. The van der Waals surface area contributed by atoms with Gasteiger partial charge in [-0.3, -0.25) is 19.1 Å². The second-order valence-corrected chi connectivity index (χ2v) is 9.43. The first-order chi connectivity index (χ1) is 11.9. The smallest absolute Gasteiger partial charge is 0.305 e. The van der Waals surface area contributed by atoms with Crippen LogP contribution in [0, 0.1) is 5.92 Å². The van der Waals surface area contributed by atoms with Gasteiger partial charge in [-0.15, -0.1) is 15.7 Å². The number of nitrogens with two attached hydrogens (primary N) is 2. The number of hydrogen-bond acceptors (Lipinski definition) is 7. The van der Waals surface area contributed by atoms with Gasteiger partial charge in [-0.2, -0.15) is 0 Å². The minimum atomic E-state index is -3.75. The number of carbonyl (C=O) groups is 3. The highest BCUT2D eigenvalue weighted by atomic mass is 35.5. The third kappa shape index (κ3) is 6.65. The second kappa shape index (κ2) is 9.42. The number of thiophene rings is 1. The van der Waals surface area contributed by atoms with E-state index in [1.165, 1.54) is 11.4 Å². The van der Waals surface area contributed by atoms with Gasteiger partial charge in [-0.1, -0.05) is 25.4 Å². The minimum Gasteiger partial charge on any atom is -0.481 e. The quantitative estimate of drug-likeness (QED) is 0.482. The van der Waals surface area contributed by atoms with Crippen molar-refractivity contribution in [2.45, 2.75) is 43.0 Å². The third-order valence-electron chi connectivity index (χ3n) is 3.05. The number of nitrogens with zero attached hydrogens (tertiary/aromatic N) is 1. The summed E-state index contributed by atoms with van der Waals surface area (Å²) in [6, 6.07) is -1.16. The van der Waals surface area contributed by atoms with Crippen molar-refractivity contribution >= 4 is 50.6 Å². The van der Waals surface area contributed by atoms with Crippen LogP contribution in [0.3, 0.4) is 0 Å². The molecule has 3 atom stereocenters. The van der Waals surface area contributed by atoms with E-state index in [1.54, 1.807) is 0 Å². The molecule has 0 aromatic carbocycles. The largest absolute Gasteiger partial charge is 0.481 e. The molecule has 0 aliphatic rings. The van der Waals surface area contributed by atoms with Gasteiger partial charge < -0.3 is 16.6 Å². The minimum absolute atomic E-state index is 0.0310. The maximum Gasteiger partial charge on any atom is 0.305 e. The number of amides is 2. The average molecular weight is 425 g/mol. The zero-order valence-corrected chi connectivity index (χ0v) is 16.6. The number of rotatable bonds is 8. The summed E-state index contributed by atoms with van der Waals surface area (Å²) < 4.78 is 18.9. The molecular weight excluding hydrogens is 404 g/mol. The molecule has 2 amide bonds. The van der Waals surface area contributed by atoms with Gasteiger partial charge in [0.05, 0.1) is 23.5 Å². The standard InChI is InChI=1S/C14H21ClN4O5S2/c1-7(2)3-9(16)13(22)18-26(24,12-4-8(15)6-25-12)19-14(23)10(17)5-11(20)21/h4,6-7,9-10H,3,5,16-17H2,1-2H3,(H,20,21)(H,18,19,22,23,24)/t9-,10+,26?/m0/s1. The Morgan fingerprint density at radius 3 is 2.42 bits per heavy atom. The number of aliphatic carboxylic acids is 1. The fourth-order valence-corrected chi connectivity index (χ4v) is 4.96. The predicted octanol–water partition coefficient (Wildman–Crippen LogP) is 0.962. The van der Waals surface area contributed by atoms with Crippen LogP contribution >= 0.6 is 22.9 Å². The zero-order valence-electron chi connectivity index (χ0n) is 14.2. The molecule has 1 heterocycles. The first kappa shape index (κ1) is 22.5. The highest BCUT2D eigenvalue weighted by molar-refractivity contribution is 7.94. The highest BCUT2D eigenvalue weighted by Gasteiger charge is 2.26. The molecule has 0 saturated carbocycles. The van der Waals surface area contributed by atoms with Crippen LogP contribution in [0.5, 0.6) is 0 Å². The highest BCUT2D eigenvalue weighted by Crippen LogP contribution is 2.25. The van der Waals surface area contributed by atoms with E-state index < -0.39 is 46.2 Å². The number of carboxylic acids is 1. The third-order valence-corrected chi connectivity index (χ3v) is 6.66. The summed E-state index contributed by atoms with van der Waals surface area (Å²) in [5.74, 6) is -3.06. The molecule has 0 bridgehead atoms. The van der Waals surface area contributed by atoms with Crippen LogP contribution in [0.15, 0.2) is 20.0 Å². The molecule has 1 rings (SSSR count). The summed E-state index contributed by atoms with van der Waals surface area (Å²) in [5.41, 5.74) is 11.2. The van der Waals surface area contributed by atoms with Gasteiger partial charge in [-0.25, -0.2) is 4.21 Å². The number of hydrogen-bond donors (Lipinski definition) is 4. The number of nitrogens with one attached hydrogen (secondary N) is 1. The summed E-state index contributed by atoms with van der Waals surface area (Å²) in [7, 11) is -3.75. The van der Waals surface area contributed by atoms with Gasteiger partial charge in [-0.05, 0) is 18.4 Å². The first-order valence-corrected chi connectivity index (χ1v) is 10.3. The van der Waals surface area contributed by atoms with Crippen molar-refractivity contribution in [3.05, 3.63) is 16.5 Å². The summed E-state index contributed by atoms with van der Waals surface area (Å²) in [6.45, 7) is 3.71. The van der Waals surface area contributed by atoms with Crippen LogP contribution < -0.4 is 16.2 Å². The normalized spacial score (nSPS) is 15.8. The van der Waals surface area contributed by atoms with Crippen molar-refractivity contribution in [1.82, 2.24) is 4.72 Å². The van der Waals surface area contributed by atoms with Gasteiger partial charge >= 0.3 is 5.97 Å². The summed E-state index contributed by atoms with van der Waals surface area (Å²) >= 11 is 6.75. The van der Waals surface area contributed by atoms with Crippen molar-refractivity contribution in [3.8, 4) is 0 Å². The van der Waals surface area contributed by atoms with Crippen LogP contribution in [0.4, 0.5) is 0 Å². The summed E-state index contributed by atoms with van der Waals surface area (Å²) in [6.07, 6.45) is -0.358. The SMILES string of the molecule is CC(C)C[C@H](N)C(=O)N=S(=O)(NC(=O)[C@H](N)CC(=O)O)c1cc(Cl)cs1. The summed E-state index contributed by atoms with van der Waals surface area (Å²) in [4.78, 5) is 35.0. The van der Waals surface area contributed by atoms with Gasteiger partial charge in [0.1, 0.15) is 4.21 Å². The Labute approximate surface area is 160 Å². The topological polar surface area (TPSA) is 165 Å². The van der Waals surface area contributed by atoms with Crippen molar-refractivity contribution in [2.24, 2.45) is 21.7 Å². The van der Waals surface area contributed by atoms with Crippen LogP contribution in [0.1, 0.15) is 26.7 Å².